The van der Waals surface area contributed by atoms with E-state index in [0.717, 1.165) is 0 Å². The van der Waals surface area contributed by atoms with Crippen molar-refractivity contribution in [3.05, 3.63) is 57.2 Å². The molecule has 0 aliphatic heterocycles. The molecule has 2 N–H and O–H groups in total. The first-order valence-electron chi connectivity index (χ1n) is 5.43. The summed E-state index contributed by atoms with van der Waals surface area (Å²) in [6.07, 6.45) is 1.25. The lowest BCUT2D eigenvalue weighted by Crippen LogP contribution is -2.14. The Balaban J connectivity index is 2.17. The van der Waals surface area contributed by atoms with E-state index in [4.69, 9.17) is 5.11 Å². The van der Waals surface area contributed by atoms with Gasteiger partial charge < -0.3 is 10.4 Å². The van der Waals surface area contributed by atoms with Gasteiger partial charge in [-0.05, 0) is 52.9 Å². The van der Waals surface area contributed by atoms with Crippen LogP contribution in [0.25, 0.3) is 0 Å². The number of hydrogen-bond acceptors (Lipinski definition) is 3. The van der Waals surface area contributed by atoms with Crippen molar-refractivity contribution in [1.29, 1.82) is 0 Å². The number of carbonyl (C=O) groups excluding carboxylic acids is 1. The SMILES string of the molecule is O=C(O)c1ccc(NC(=O)c2ccc(F)cc2I)cn1. The first-order valence-corrected chi connectivity index (χ1v) is 6.51. The maximum absolute atomic E-state index is 13.0. The molecule has 0 atom stereocenters. The lowest BCUT2D eigenvalue weighted by molar-refractivity contribution is 0.0690. The molecule has 2 rings (SSSR count). The number of carboxylic acids is 1. The fourth-order valence-electron chi connectivity index (χ4n) is 1.47. The summed E-state index contributed by atoms with van der Waals surface area (Å²) in [6, 6.07) is 6.55. The molecule has 1 amide bonds. The normalized spacial score (nSPS) is 10.1. The van der Waals surface area contributed by atoms with Gasteiger partial charge in [0.15, 0.2) is 0 Å². The van der Waals surface area contributed by atoms with Crippen molar-refractivity contribution in [3.8, 4) is 0 Å². The molecule has 0 unspecified atom stereocenters. The number of anilines is 1. The summed E-state index contributed by atoms with van der Waals surface area (Å²) in [5.41, 5.74) is 0.578. The minimum Gasteiger partial charge on any atom is -0.477 e. The number of rotatable bonds is 3. The van der Waals surface area contributed by atoms with Gasteiger partial charge in [0.05, 0.1) is 17.4 Å². The van der Waals surface area contributed by atoms with Crippen LogP contribution in [0, 0.1) is 9.39 Å². The first-order chi connectivity index (χ1) is 9.47. The van der Waals surface area contributed by atoms with Crippen LogP contribution in [-0.2, 0) is 0 Å². The van der Waals surface area contributed by atoms with Gasteiger partial charge in [0, 0.05) is 3.57 Å². The van der Waals surface area contributed by atoms with E-state index in [1.54, 1.807) is 0 Å². The Hall–Kier alpha value is -2.03. The summed E-state index contributed by atoms with van der Waals surface area (Å²) in [6.45, 7) is 0. The number of benzene rings is 1. The number of aromatic carboxylic acids is 1. The van der Waals surface area contributed by atoms with E-state index in [-0.39, 0.29) is 5.69 Å². The molecule has 2 aromatic rings. The van der Waals surface area contributed by atoms with E-state index in [1.807, 2.05) is 22.6 Å². The Morgan fingerprint density at radius 1 is 1.25 bits per heavy atom. The Bertz CT molecular complexity index is 674. The monoisotopic (exact) mass is 386 g/mol. The summed E-state index contributed by atoms with van der Waals surface area (Å²) in [5, 5.41) is 11.3. The molecule has 0 aliphatic carbocycles. The van der Waals surface area contributed by atoms with Crippen LogP contribution in [0.1, 0.15) is 20.8 Å². The quantitative estimate of drug-likeness (QED) is 0.796. The first kappa shape index (κ1) is 14.4. The molecule has 0 aliphatic rings. The highest BCUT2D eigenvalue weighted by molar-refractivity contribution is 14.1. The number of pyridine rings is 1. The predicted octanol–water partition coefficient (Wildman–Crippen LogP) is 2.78. The molecule has 102 valence electrons. The second-order valence-corrected chi connectivity index (χ2v) is 4.98. The summed E-state index contributed by atoms with van der Waals surface area (Å²) >= 11 is 1.86. The van der Waals surface area contributed by atoms with Gasteiger partial charge in [-0.25, -0.2) is 14.2 Å². The standard InChI is InChI=1S/C13H8FIN2O3/c14-7-1-3-9(10(15)5-7)12(18)17-8-2-4-11(13(19)20)16-6-8/h1-6H,(H,17,18)(H,19,20). The average molecular weight is 386 g/mol. The Morgan fingerprint density at radius 3 is 2.55 bits per heavy atom. The van der Waals surface area contributed by atoms with Crippen molar-refractivity contribution in [3.63, 3.8) is 0 Å². The highest BCUT2D eigenvalue weighted by atomic mass is 127. The van der Waals surface area contributed by atoms with E-state index in [2.05, 4.69) is 10.3 Å². The van der Waals surface area contributed by atoms with Gasteiger partial charge >= 0.3 is 5.97 Å². The Kier molecular flexibility index (Phi) is 4.28. The Morgan fingerprint density at radius 2 is 2.00 bits per heavy atom. The number of aromatic nitrogens is 1. The van der Waals surface area contributed by atoms with Crippen LogP contribution in [0.2, 0.25) is 0 Å². The van der Waals surface area contributed by atoms with Gasteiger partial charge in [0.2, 0.25) is 0 Å². The van der Waals surface area contributed by atoms with Crippen LogP contribution in [0.15, 0.2) is 36.5 Å². The van der Waals surface area contributed by atoms with E-state index in [1.165, 1.54) is 36.5 Å². The summed E-state index contributed by atoms with van der Waals surface area (Å²) in [4.78, 5) is 26.3. The molecular formula is C13H8FIN2O3. The van der Waals surface area contributed by atoms with Crippen LogP contribution in [0.4, 0.5) is 10.1 Å². The molecule has 20 heavy (non-hydrogen) atoms. The van der Waals surface area contributed by atoms with Crippen LogP contribution in [-0.4, -0.2) is 22.0 Å². The average Bonchev–Trinajstić information content (AvgIpc) is 2.39. The fourth-order valence-corrected chi connectivity index (χ4v) is 2.19. The molecular weight excluding hydrogens is 378 g/mol. The third-order valence-corrected chi connectivity index (χ3v) is 3.31. The maximum Gasteiger partial charge on any atom is 0.354 e. The number of halogens is 2. The molecule has 0 bridgehead atoms. The van der Waals surface area contributed by atoms with Crippen molar-refractivity contribution in [2.24, 2.45) is 0 Å². The van der Waals surface area contributed by atoms with Crippen LogP contribution < -0.4 is 5.32 Å². The zero-order valence-electron chi connectivity index (χ0n) is 9.93. The van der Waals surface area contributed by atoms with Gasteiger partial charge in [-0.1, -0.05) is 0 Å². The lowest BCUT2D eigenvalue weighted by Gasteiger charge is -2.07. The zero-order valence-corrected chi connectivity index (χ0v) is 12.1. The summed E-state index contributed by atoms with van der Waals surface area (Å²) in [5.74, 6) is -1.98. The summed E-state index contributed by atoms with van der Waals surface area (Å²) in [7, 11) is 0. The molecule has 0 saturated carbocycles. The molecule has 0 saturated heterocycles. The number of nitrogens with zero attached hydrogens (tertiary/aromatic N) is 1. The number of nitrogens with one attached hydrogen (secondary N) is 1. The summed E-state index contributed by atoms with van der Waals surface area (Å²) < 4.78 is 13.4. The van der Waals surface area contributed by atoms with Gasteiger partial charge in [0.25, 0.3) is 5.91 Å². The molecule has 5 nitrogen and oxygen atoms in total. The van der Waals surface area contributed by atoms with Crippen molar-refractivity contribution in [2.45, 2.75) is 0 Å². The number of carbonyl (C=O) groups is 2. The second kappa shape index (κ2) is 5.95. The van der Waals surface area contributed by atoms with Gasteiger partial charge in [-0.15, -0.1) is 0 Å². The van der Waals surface area contributed by atoms with E-state index >= 15 is 0 Å². The minimum absolute atomic E-state index is 0.112. The molecule has 1 heterocycles. The van der Waals surface area contributed by atoms with E-state index in [9.17, 15) is 14.0 Å². The molecule has 7 heteroatoms. The van der Waals surface area contributed by atoms with E-state index < -0.39 is 17.7 Å². The third kappa shape index (κ3) is 3.29. The number of amides is 1. The molecule has 0 fully saturated rings. The molecule has 0 radical (unpaired) electrons. The lowest BCUT2D eigenvalue weighted by atomic mass is 10.2. The molecule has 0 spiro atoms. The number of hydrogen-bond donors (Lipinski definition) is 2. The van der Waals surface area contributed by atoms with Crippen LogP contribution in [0.5, 0.6) is 0 Å². The largest absolute Gasteiger partial charge is 0.477 e. The van der Waals surface area contributed by atoms with E-state index in [0.29, 0.717) is 14.8 Å². The van der Waals surface area contributed by atoms with Gasteiger partial charge in [-0.3, -0.25) is 4.79 Å². The van der Waals surface area contributed by atoms with Gasteiger partial charge in [0.1, 0.15) is 11.5 Å². The topological polar surface area (TPSA) is 79.3 Å². The second-order valence-electron chi connectivity index (χ2n) is 3.82. The van der Waals surface area contributed by atoms with Crippen LogP contribution >= 0.6 is 22.6 Å². The molecule has 1 aromatic heterocycles. The van der Waals surface area contributed by atoms with Crippen molar-refractivity contribution >= 4 is 40.2 Å². The Labute approximate surface area is 127 Å². The molecule has 1 aromatic carbocycles. The van der Waals surface area contributed by atoms with Crippen molar-refractivity contribution in [2.75, 3.05) is 5.32 Å². The van der Waals surface area contributed by atoms with Crippen LogP contribution in [0.3, 0.4) is 0 Å². The smallest absolute Gasteiger partial charge is 0.354 e. The van der Waals surface area contributed by atoms with Gasteiger partial charge in [-0.2, -0.15) is 0 Å². The third-order valence-electron chi connectivity index (χ3n) is 2.42. The zero-order chi connectivity index (χ0) is 14.7. The minimum atomic E-state index is -1.14. The highest BCUT2D eigenvalue weighted by Crippen LogP contribution is 2.16. The number of carboxylic acid groups (broad SMARTS) is 1. The van der Waals surface area contributed by atoms with Crippen molar-refractivity contribution < 1.29 is 19.1 Å². The van der Waals surface area contributed by atoms with Crippen molar-refractivity contribution in [1.82, 2.24) is 4.98 Å². The fraction of sp³-hybridized carbons (Fsp3) is 0. The maximum atomic E-state index is 13.0. The predicted molar refractivity (Wildman–Crippen MR) is 78.3 cm³/mol. The highest BCUT2D eigenvalue weighted by Gasteiger charge is 2.11.